The van der Waals surface area contributed by atoms with Gasteiger partial charge in [0.1, 0.15) is 0 Å². The van der Waals surface area contributed by atoms with Crippen LogP contribution < -0.4 is 20.9 Å². The third kappa shape index (κ3) is 3.06. The van der Waals surface area contributed by atoms with Gasteiger partial charge in [-0.2, -0.15) is 0 Å². The SMILES string of the molecule is C1=C(c2c3c(c(-c4cccc5c4=CCCC=5)c4ccccc24)=CCCC=3)CCc2ccccc21. The van der Waals surface area contributed by atoms with Gasteiger partial charge in [-0.25, -0.2) is 0 Å². The third-order valence-electron chi connectivity index (χ3n) is 7.82. The van der Waals surface area contributed by atoms with E-state index in [1.165, 1.54) is 65.0 Å². The molecule has 0 nitrogen and oxygen atoms in total. The van der Waals surface area contributed by atoms with E-state index in [4.69, 9.17) is 0 Å². The van der Waals surface area contributed by atoms with Gasteiger partial charge in [-0.05, 0) is 104 Å². The molecule has 0 fully saturated rings. The molecule has 164 valence electrons. The third-order valence-corrected chi connectivity index (χ3v) is 7.82. The van der Waals surface area contributed by atoms with E-state index < -0.39 is 0 Å². The molecule has 34 heavy (non-hydrogen) atoms. The molecule has 0 aromatic heterocycles. The Morgan fingerprint density at radius 2 is 1.18 bits per heavy atom. The van der Waals surface area contributed by atoms with Gasteiger partial charge in [0.05, 0.1) is 0 Å². The van der Waals surface area contributed by atoms with Gasteiger partial charge in [0.25, 0.3) is 0 Å². The molecule has 0 bridgehead atoms. The molecule has 0 heterocycles. The molecule has 0 saturated heterocycles. The maximum Gasteiger partial charge on any atom is -0.00236 e. The topological polar surface area (TPSA) is 0 Å². The van der Waals surface area contributed by atoms with E-state index in [1.54, 1.807) is 0 Å². The van der Waals surface area contributed by atoms with Crippen molar-refractivity contribution in [2.24, 2.45) is 0 Å². The molecule has 0 unspecified atom stereocenters. The van der Waals surface area contributed by atoms with Gasteiger partial charge in [-0.1, -0.05) is 97.1 Å². The fraction of sp³-hybridized carbons (Fsp3) is 0.176. The standard InChI is InChI=1S/C34H28/c1-2-12-25-22-26(21-20-23(25)10-1)33-29-15-5-7-17-31(29)34(32-18-8-6-16-30(32)33)28-19-9-13-24-11-3-4-14-27(24)28/h1-2,5,7,9-19,22H,3-4,6,8,20-21H2. The number of hydrogen-bond donors (Lipinski definition) is 0. The molecular weight excluding hydrogens is 408 g/mol. The lowest BCUT2D eigenvalue weighted by Gasteiger charge is -2.22. The Morgan fingerprint density at radius 1 is 0.500 bits per heavy atom. The summed E-state index contributed by atoms with van der Waals surface area (Å²) in [6, 6.07) is 24.9. The van der Waals surface area contributed by atoms with Gasteiger partial charge in [-0.15, -0.1) is 0 Å². The van der Waals surface area contributed by atoms with Crippen LogP contribution in [0.5, 0.6) is 0 Å². The molecule has 4 aromatic rings. The molecule has 0 radical (unpaired) electrons. The Bertz CT molecular complexity index is 1740. The van der Waals surface area contributed by atoms with Gasteiger partial charge in [-0.3, -0.25) is 0 Å². The molecule has 0 saturated carbocycles. The summed E-state index contributed by atoms with van der Waals surface area (Å²) in [7, 11) is 0. The van der Waals surface area contributed by atoms with Crippen molar-refractivity contribution >= 4 is 46.7 Å². The number of allylic oxidation sites excluding steroid dienone is 1. The van der Waals surface area contributed by atoms with Crippen LogP contribution in [-0.2, 0) is 6.42 Å². The van der Waals surface area contributed by atoms with Crippen molar-refractivity contribution in [3.8, 4) is 11.1 Å². The zero-order chi connectivity index (χ0) is 22.5. The minimum atomic E-state index is 1.10. The minimum Gasteiger partial charge on any atom is -0.0763 e. The number of hydrogen-bond acceptors (Lipinski definition) is 0. The normalized spacial score (nSPS) is 16.1. The number of benzene rings is 4. The Balaban J connectivity index is 1.62. The van der Waals surface area contributed by atoms with Crippen LogP contribution in [0.25, 0.3) is 57.9 Å². The summed E-state index contributed by atoms with van der Waals surface area (Å²) in [5.74, 6) is 0. The zero-order valence-corrected chi connectivity index (χ0v) is 19.5. The lowest BCUT2D eigenvalue weighted by molar-refractivity contribution is 0.999. The first kappa shape index (κ1) is 19.8. The van der Waals surface area contributed by atoms with Crippen LogP contribution in [0.4, 0.5) is 0 Å². The van der Waals surface area contributed by atoms with Crippen LogP contribution in [0, 0.1) is 0 Å². The van der Waals surface area contributed by atoms with E-state index in [9.17, 15) is 0 Å². The highest BCUT2D eigenvalue weighted by molar-refractivity contribution is 6.06. The monoisotopic (exact) mass is 436 g/mol. The maximum absolute atomic E-state index is 2.51. The van der Waals surface area contributed by atoms with Crippen molar-refractivity contribution in [3.05, 3.63) is 104 Å². The average molecular weight is 437 g/mol. The van der Waals surface area contributed by atoms with Crippen molar-refractivity contribution in [1.29, 1.82) is 0 Å². The first-order chi connectivity index (χ1) is 16.9. The van der Waals surface area contributed by atoms with Crippen LogP contribution in [-0.4, -0.2) is 0 Å². The van der Waals surface area contributed by atoms with Crippen molar-refractivity contribution < 1.29 is 0 Å². The summed E-state index contributed by atoms with van der Waals surface area (Å²) in [6.07, 6.45) is 19.0. The van der Waals surface area contributed by atoms with Gasteiger partial charge in [0, 0.05) is 0 Å². The Kier molecular flexibility index (Phi) is 4.65. The molecule has 0 N–H and O–H groups in total. The van der Waals surface area contributed by atoms with Gasteiger partial charge >= 0.3 is 0 Å². The lowest BCUT2D eigenvalue weighted by atomic mass is 9.81. The van der Waals surface area contributed by atoms with Crippen LogP contribution in [0.1, 0.15) is 48.8 Å². The second-order valence-electron chi connectivity index (χ2n) is 9.77. The highest BCUT2D eigenvalue weighted by Gasteiger charge is 2.20. The second kappa shape index (κ2) is 7.99. The van der Waals surface area contributed by atoms with Crippen molar-refractivity contribution in [3.63, 3.8) is 0 Å². The Labute approximate surface area is 200 Å². The molecule has 3 aliphatic carbocycles. The fourth-order valence-corrected chi connectivity index (χ4v) is 6.30. The van der Waals surface area contributed by atoms with Gasteiger partial charge in [0.15, 0.2) is 0 Å². The summed E-state index contributed by atoms with van der Waals surface area (Å²) in [5, 5.41) is 8.46. The molecule has 0 spiro atoms. The van der Waals surface area contributed by atoms with E-state index in [-0.39, 0.29) is 0 Å². The molecule has 0 amide bonds. The largest absolute Gasteiger partial charge is 0.0763 e. The van der Waals surface area contributed by atoms with Crippen molar-refractivity contribution in [2.75, 3.05) is 0 Å². The van der Waals surface area contributed by atoms with E-state index >= 15 is 0 Å². The molecule has 3 aliphatic rings. The van der Waals surface area contributed by atoms with Gasteiger partial charge < -0.3 is 0 Å². The van der Waals surface area contributed by atoms with Crippen LogP contribution in [0.15, 0.2) is 66.7 Å². The van der Waals surface area contributed by atoms with Crippen LogP contribution in [0.2, 0.25) is 0 Å². The zero-order valence-electron chi connectivity index (χ0n) is 19.5. The molecule has 7 rings (SSSR count). The van der Waals surface area contributed by atoms with Crippen molar-refractivity contribution in [2.45, 2.75) is 38.5 Å². The number of fused-ring (bicyclic) bond motifs is 4. The average Bonchev–Trinajstić information content (AvgIpc) is 2.91. The van der Waals surface area contributed by atoms with E-state index in [0.717, 1.165) is 38.5 Å². The van der Waals surface area contributed by atoms with E-state index in [0.29, 0.717) is 0 Å². The van der Waals surface area contributed by atoms with Gasteiger partial charge in [0.2, 0.25) is 0 Å². The predicted molar refractivity (Wildman–Crippen MR) is 147 cm³/mol. The first-order valence-corrected chi connectivity index (χ1v) is 12.7. The maximum atomic E-state index is 2.51. The van der Waals surface area contributed by atoms with Crippen LogP contribution in [0.3, 0.4) is 0 Å². The molecular formula is C34H28. The predicted octanol–water partition coefficient (Wildman–Crippen LogP) is 5.70. The summed E-state index contributed by atoms with van der Waals surface area (Å²) in [5.41, 5.74) is 8.61. The lowest BCUT2D eigenvalue weighted by Crippen LogP contribution is -2.36. The van der Waals surface area contributed by atoms with E-state index in [2.05, 4.69) is 97.1 Å². The summed E-state index contributed by atoms with van der Waals surface area (Å²) in [4.78, 5) is 0. The second-order valence-corrected chi connectivity index (χ2v) is 9.77. The number of aryl methyl sites for hydroxylation is 1. The molecule has 0 aliphatic heterocycles. The highest BCUT2D eigenvalue weighted by Crippen LogP contribution is 2.34. The molecule has 0 atom stereocenters. The smallest absolute Gasteiger partial charge is 0.00236 e. The molecule has 0 heteroatoms. The van der Waals surface area contributed by atoms with E-state index in [1.807, 2.05) is 0 Å². The summed E-state index contributed by atoms with van der Waals surface area (Å²) in [6.45, 7) is 0. The van der Waals surface area contributed by atoms with Crippen LogP contribution >= 0.6 is 0 Å². The quantitative estimate of drug-likeness (QED) is 0.378. The Hall–Kier alpha value is -3.64. The fourth-order valence-electron chi connectivity index (χ4n) is 6.30. The summed E-state index contributed by atoms with van der Waals surface area (Å²) >= 11 is 0. The first-order valence-electron chi connectivity index (χ1n) is 12.7. The molecule has 4 aromatic carbocycles. The number of rotatable bonds is 2. The minimum absolute atomic E-state index is 1.10. The highest BCUT2D eigenvalue weighted by atomic mass is 14.2. The Morgan fingerprint density at radius 3 is 2.03 bits per heavy atom. The summed E-state index contributed by atoms with van der Waals surface area (Å²) < 4.78 is 0. The van der Waals surface area contributed by atoms with Crippen molar-refractivity contribution in [1.82, 2.24) is 0 Å².